The summed E-state index contributed by atoms with van der Waals surface area (Å²) in [6.45, 7) is 6.94. The zero-order valence-corrected chi connectivity index (χ0v) is 10.2. The van der Waals surface area contributed by atoms with E-state index in [1.807, 2.05) is 13.0 Å². The van der Waals surface area contributed by atoms with Crippen molar-refractivity contribution >= 4 is 5.91 Å². The van der Waals surface area contributed by atoms with Crippen LogP contribution in [0.4, 0.5) is 0 Å². The van der Waals surface area contributed by atoms with Crippen LogP contribution in [0.2, 0.25) is 0 Å². The molecule has 0 fully saturated rings. The molecule has 3 N–H and O–H groups in total. The Labute approximate surface area is 97.0 Å². The molecular formula is C13H20N2O. The number of nitrogens with one attached hydrogen (secondary N) is 1. The molecule has 16 heavy (non-hydrogen) atoms. The Bertz CT molecular complexity index is 374. The Morgan fingerprint density at radius 3 is 2.62 bits per heavy atom. The van der Waals surface area contributed by atoms with Gasteiger partial charge in [0.25, 0.3) is 0 Å². The average molecular weight is 220 g/mol. The van der Waals surface area contributed by atoms with Gasteiger partial charge in [-0.15, -0.1) is 0 Å². The van der Waals surface area contributed by atoms with E-state index in [0.29, 0.717) is 13.1 Å². The molecule has 0 saturated carbocycles. The lowest BCUT2D eigenvalue weighted by atomic mass is 10.1. The van der Waals surface area contributed by atoms with Gasteiger partial charge in [0.2, 0.25) is 5.91 Å². The molecule has 88 valence electrons. The van der Waals surface area contributed by atoms with Gasteiger partial charge in [0.15, 0.2) is 0 Å². The van der Waals surface area contributed by atoms with Gasteiger partial charge in [-0.05, 0) is 30.5 Å². The van der Waals surface area contributed by atoms with Gasteiger partial charge < -0.3 is 11.1 Å². The third kappa shape index (κ3) is 3.35. The largest absolute Gasteiger partial charge is 0.352 e. The van der Waals surface area contributed by atoms with Crippen LogP contribution in [0.1, 0.15) is 23.6 Å². The van der Waals surface area contributed by atoms with Crippen LogP contribution < -0.4 is 11.1 Å². The van der Waals surface area contributed by atoms with Gasteiger partial charge in [-0.2, -0.15) is 0 Å². The van der Waals surface area contributed by atoms with Crippen molar-refractivity contribution in [1.29, 1.82) is 0 Å². The van der Waals surface area contributed by atoms with E-state index < -0.39 is 0 Å². The molecule has 0 aromatic heterocycles. The Balaban J connectivity index is 2.55. The van der Waals surface area contributed by atoms with Gasteiger partial charge in [-0.1, -0.05) is 25.1 Å². The quantitative estimate of drug-likeness (QED) is 0.808. The van der Waals surface area contributed by atoms with Gasteiger partial charge in [0, 0.05) is 19.0 Å². The first-order valence-corrected chi connectivity index (χ1v) is 5.58. The van der Waals surface area contributed by atoms with Crippen molar-refractivity contribution in [3.05, 3.63) is 34.9 Å². The van der Waals surface area contributed by atoms with Crippen LogP contribution in [-0.2, 0) is 11.3 Å². The van der Waals surface area contributed by atoms with E-state index >= 15 is 0 Å². The maximum Gasteiger partial charge on any atom is 0.224 e. The number of carbonyl (C=O) groups is 1. The van der Waals surface area contributed by atoms with Crippen LogP contribution >= 0.6 is 0 Å². The fourth-order valence-electron chi connectivity index (χ4n) is 1.38. The molecule has 0 aliphatic rings. The predicted molar refractivity (Wildman–Crippen MR) is 66.0 cm³/mol. The summed E-state index contributed by atoms with van der Waals surface area (Å²) in [7, 11) is 0. The van der Waals surface area contributed by atoms with E-state index in [2.05, 4.69) is 31.3 Å². The zero-order valence-electron chi connectivity index (χ0n) is 10.2. The van der Waals surface area contributed by atoms with Gasteiger partial charge in [0.1, 0.15) is 0 Å². The standard InChI is InChI=1S/C13H20N2O/c1-9-4-5-12(6-10(9)2)8-15-13(16)11(3)7-14/h4-6,11H,7-8,14H2,1-3H3,(H,15,16). The SMILES string of the molecule is Cc1ccc(CNC(=O)C(C)CN)cc1C. The summed E-state index contributed by atoms with van der Waals surface area (Å²) in [4.78, 5) is 11.5. The molecule has 1 atom stereocenters. The van der Waals surface area contributed by atoms with E-state index in [-0.39, 0.29) is 11.8 Å². The smallest absolute Gasteiger partial charge is 0.224 e. The minimum absolute atomic E-state index is 0.0146. The fraction of sp³-hybridized carbons (Fsp3) is 0.462. The summed E-state index contributed by atoms with van der Waals surface area (Å²) in [5, 5.41) is 2.88. The molecule has 3 nitrogen and oxygen atoms in total. The van der Waals surface area contributed by atoms with Crippen molar-refractivity contribution in [3.63, 3.8) is 0 Å². The van der Waals surface area contributed by atoms with Gasteiger partial charge in [-0.3, -0.25) is 4.79 Å². The highest BCUT2D eigenvalue weighted by Crippen LogP contribution is 2.09. The van der Waals surface area contributed by atoms with Crippen LogP contribution in [-0.4, -0.2) is 12.5 Å². The molecule has 0 radical (unpaired) electrons. The maximum atomic E-state index is 11.5. The number of nitrogens with two attached hydrogens (primary N) is 1. The highest BCUT2D eigenvalue weighted by Gasteiger charge is 2.09. The number of aryl methyl sites for hydroxylation is 2. The Kier molecular flexibility index (Phi) is 4.50. The number of benzene rings is 1. The number of carbonyl (C=O) groups excluding carboxylic acids is 1. The first-order valence-electron chi connectivity index (χ1n) is 5.58. The predicted octanol–water partition coefficient (Wildman–Crippen LogP) is 1.51. The van der Waals surface area contributed by atoms with Crippen molar-refractivity contribution in [2.24, 2.45) is 11.7 Å². The highest BCUT2D eigenvalue weighted by atomic mass is 16.1. The topological polar surface area (TPSA) is 55.1 Å². The summed E-state index contributed by atoms with van der Waals surface area (Å²) in [6, 6.07) is 6.21. The molecule has 1 amide bonds. The first kappa shape index (κ1) is 12.7. The van der Waals surface area contributed by atoms with E-state index in [9.17, 15) is 4.79 Å². The fourth-order valence-corrected chi connectivity index (χ4v) is 1.38. The van der Waals surface area contributed by atoms with Crippen molar-refractivity contribution in [1.82, 2.24) is 5.32 Å². The lowest BCUT2D eigenvalue weighted by Crippen LogP contribution is -2.32. The van der Waals surface area contributed by atoms with Gasteiger partial charge in [0.05, 0.1) is 0 Å². The maximum absolute atomic E-state index is 11.5. The number of hydrogen-bond acceptors (Lipinski definition) is 2. The van der Waals surface area contributed by atoms with E-state index in [4.69, 9.17) is 5.73 Å². The van der Waals surface area contributed by atoms with Crippen LogP contribution in [0.25, 0.3) is 0 Å². The number of hydrogen-bond donors (Lipinski definition) is 2. The van der Waals surface area contributed by atoms with Crippen LogP contribution in [0, 0.1) is 19.8 Å². The molecule has 0 aliphatic carbocycles. The second-order valence-corrected chi connectivity index (χ2v) is 4.27. The summed E-state index contributed by atoms with van der Waals surface area (Å²) >= 11 is 0. The number of rotatable bonds is 4. The molecule has 0 aliphatic heterocycles. The van der Waals surface area contributed by atoms with Crippen molar-refractivity contribution < 1.29 is 4.79 Å². The Hall–Kier alpha value is -1.35. The molecule has 3 heteroatoms. The molecule has 1 rings (SSSR count). The van der Waals surface area contributed by atoms with Crippen molar-refractivity contribution in [3.8, 4) is 0 Å². The third-order valence-corrected chi connectivity index (χ3v) is 2.84. The minimum Gasteiger partial charge on any atom is -0.352 e. The lowest BCUT2D eigenvalue weighted by Gasteiger charge is -2.10. The molecule has 0 spiro atoms. The second-order valence-electron chi connectivity index (χ2n) is 4.27. The normalized spacial score (nSPS) is 12.2. The monoisotopic (exact) mass is 220 g/mol. The third-order valence-electron chi connectivity index (χ3n) is 2.84. The second kappa shape index (κ2) is 5.66. The lowest BCUT2D eigenvalue weighted by molar-refractivity contribution is -0.124. The molecule has 0 heterocycles. The number of amides is 1. The van der Waals surface area contributed by atoms with Crippen LogP contribution in [0.3, 0.4) is 0 Å². The molecule has 1 aromatic carbocycles. The molecule has 0 bridgehead atoms. The molecule has 0 saturated heterocycles. The summed E-state index contributed by atoms with van der Waals surface area (Å²) in [5.74, 6) is -0.104. The van der Waals surface area contributed by atoms with Gasteiger partial charge >= 0.3 is 0 Å². The summed E-state index contributed by atoms with van der Waals surface area (Å²) in [6.07, 6.45) is 0. The van der Waals surface area contributed by atoms with Gasteiger partial charge in [-0.25, -0.2) is 0 Å². The molecular weight excluding hydrogens is 200 g/mol. The summed E-state index contributed by atoms with van der Waals surface area (Å²) in [5.41, 5.74) is 9.07. The molecule has 1 aromatic rings. The van der Waals surface area contributed by atoms with Crippen LogP contribution in [0.5, 0.6) is 0 Å². The van der Waals surface area contributed by atoms with E-state index in [1.165, 1.54) is 11.1 Å². The van der Waals surface area contributed by atoms with Crippen LogP contribution in [0.15, 0.2) is 18.2 Å². The minimum atomic E-state index is -0.119. The highest BCUT2D eigenvalue weighted by molar-refractivity contribution is 5.78. The van der Waals surface area contributed by atoms with Crippen molar-refractivity contribution in [2.45, 2.75) is 27.3 Å². The average Bonchev–Trinajstić information content (AvgIpc) is 2.29. The van der Waals surface area contributed by atoms with Crippen molar-refractivity contribution in [2.75, 3.05) is 6.54 Å². The van der Waals surface area contributed by atoms with E-state index in [1.54, 1.807) is 0 Å². The zero-order chi connectivity index (χ0) is 12.1. The molecule has 1 unspecified atom stereocenters. The first-order chi connectivity index (χ1) is 7.54. The Morgan fingerprint density at radius 2 is 2.06 bits per heavy atom. The van der Waals surface area contributed by atoms with E-state index in [0.717, 1.165) is 5.56 Å². The Morgan fingerprint density at radius 1 is 1.38 bits per heavy atom. The summed E-state index contributed by atoms with van der Waals surface area (Å²) < 4.78 is 0.